The molecule has 2 unspecified atom stereocenters. The van der Waals surface area contributed by atoms with Gasteiger partial charge in [0.15, 0.2) is 11.5 Å². The Morgan fingerprint density at radius 2 is 1.93 bits per heavy atom. The Hall–Kier alpha value is -1.75. The first-order valence-electron chi connectivity index (χ1n) is 10.4. The Kier molecular flexibility index (Phi) is 6.64. The van der Waals surface area contributed by atoms with Gasteiger partial charge in [0.25, 0.3) is 0 Å². The average molecular weight is 375 g/mol. The van der Waals surface area contributed by atoms with E-state index in [-0.39, 0.29) is 0 Å². The molecule has 1 aromatic rings. The van der Waals surface area contributed by atoms with Crippen LogP contribution >= 0.6 is 0 Å². The highest BCUT2D eigenvalue weighted by Gasteiger charge is 2.34. The number of methoxy groups -OCH3 is 2. The van der Waals surface area contributed by atoms with E-state index in [9.17, 15) is 4.79 Å². The van der Waals surface area contributed by atoms with Gasteiger partial charge in [0.1, 0.15) is 0 Å². The molecule has 5 heteroatoms. The fourth-order valence-corrected chi connectivity index (χ4v) is 4.60. The molecule has 0 aromatic heterocycles. The molecule has 27 heavy (non-hydrogen) atoms. The third kappa shape index (κ3) is 4.23. The third-order valence-electron chi connectivity index (χ3n) is 6.19. The van der Waals surface area contributed by atoms with Crippen molar-refractivity contribution in [2.24, 2.45) is 0 Å². The van der Waals surface area contributed by atoms with Crippen LogP contribution in [0.25, 0.3) is 0 Å². The van der Waals surface area contributed by atoms with Crippen LogP contribution in [0.5, 0.6) is 11.5 Å². The minimum atomic E-state index is 0.323. The second-order valence-corrected chi connectivity index (χ2v) is 7.81. The van der Waals surface area contributed by atoms with Gasteiger partial charge in [-0.2, -0.15) is 0 Å². The SMILES string of the molecule is CCCCC(=O)N1CCCC(N2CCc3cc(OC)c(OC)cc3C2C)C1. The molecule has 2 aliphatic heterocycles. The summed E-state index contributed by atoms with van der Waals surface area (Å²) in [4.78, 5) is 17.2. The predicted octanol–water partition coefficient (Wildman–Crippen LogP) is 3.80. The third-order valence-corrected chi connectivity index (χ3v) is 6.19. The molecule has 0 saturated carbocycles. The number of unbranched alkanes of at least 4 members (excludes halogenated alkanes) is 1. The first-order chi connectivity index (χ1) is 13.1. The van der Waals surface area contributed by atoms with Crippen molar-refractivity contribution in [3.63, 3.8) is 0 Å². The largest absolute Gasteiger partial charge is 0.493 e. The maximum absolute atomic E-state index is 12.5. The van der Waals surface area contributed by atoms with Crippen molar-refractivity contribution < 1.29 is 14.3 Å². The number of rotatable bonds is 6. The highest BCUT2D eigenvalue weighted by atomic mass is 16.5. The molecule has 1 amide bonds. The second-order valence-electron chi connectivity index (χ2n) is 7.81. The molecule has 0 bridgehead atoms. The molecule has 150 valence electrons. The van der Waals surface area contributed by atoms with Gasteiger partial charge in [-0.05, 0) is 55.9 Å². The summed E-state index contributed by atoms with van der Waals surface area (Å²) in [7, 11) is 3.38. The lowest BCUT2D eigenvalue weighted by Crippen LogP contribution is -2.52. The van der Waals surface area contributed by atoms with E-state index in [4.69, 9.17) is 9.47 Å². The van der Waals surface area contributed by atoms with Crippen molar-refractivity contribution in [3.8, 4) is 11.5 Å². The number of carbonyl (C=O) groups is 1. The minimum absolute atomic E-state index is 0.323. The van der Waals surface area contributed by atoms with Crippen LogP contribution in [0.3, 0.4) is 0 Å². The maximum Gasteiger partial charge on any atom is 0.222 e. The lowest BCUT2D eigenvalue weighted by atomic mass is 9.90. The predicted molar refractivity (Wildman–Crippen MR) is 107 cm³/mol. The number of ether oxygens (including phenoxy) is 2. The van der Waals surface area contributed by atoms with Gasteiger partial charge in [0.05, 0.1) is 14.2 Å². The van der Waals surface area contributed by atoms with Crippen molar-refractivity contribution >= 4 is 5.91 Å². The zero-order chi connectivity index (χ0) is 19.4. The number of hydrogen-bond donors (Lipinski definition) is 0. The highest BCUT2D eigenvalue weighted by molar-refractivity contribution is 5.76. The van der Waals surface area contributed by atoms with E-state index in [1.165, 1.54) is 17.5 Å². The van der Waals surface area contributed by atoms with Gasteiger partial charge in [-0.3, -0.25) is 9.69 Å². The van der Waals surface area contributed by atoms with Crippen LogP contribution in [-0.4, -0.2) is 55.6 Å². The molecule has 1 aromatic carbocycles. The molecule has 0 spiro atoms. The van der Waals surface area contributed by atoms with Crippen LogP contribution in [0.2, 0.25) is 0 Å². The fraction of sp³-hybridized carbons (Fsp3) is 0.682. The quantitative estimate of drug-likeness (QED) is 0.759. The summed E-state index contributed by atoms with van der Waals surface area (Å²) in [6.45, 7) is 7.24. The Morgan fingerprint density at radius 3 is 2.63 bits per heavy atom. The molecule has 1 saturated heterocycles. The lowest BCUT2D eigenvalue weighted by Gasteiger charge is -2.45. The number of hydrogen-bond acceptors (Lipinski definition) is 4. The van der Waals surface area contributed by atoms with E-state index in [0.717, 1.165) is 56.8 Å². The Bertz CT molecular complexity index is 661. The van der Waals surface area contributed by atoms with Gasteiger partial charge >= 0.3 is 0 Å². The molecule has 5 nitrogen and oxygen atoms in total. The fourth-order valence-electron chi connectivity index (χ4n) is 4.60. The number of benzene rings is 1. The minimum Gasteiger partial charge on any atom is -0.493 e. The van der Waals surface area contributed by atoms with Crippen molar-refractivity contribution in [1.82, 2.24) is 9.80 Å². The Labute approximate surface area is 163 Å². The second kappa shape index (κ2) is 8.96. The summed E-state index contributed by atoms with van der Waals surface area (Å²) in [5.74, 6) is 1.94. The summed E-state index contributed by atoms with van der Waals surface area (Å²) in [5, 5.41) is 0. The van der Waals surface area contributed by atoms with E-state index in [0.29, 0.717) is 24.4 Å². The molecule has 0 N–H and O–H groups in total. The summed E-state index contributed by atoms with van der Waals surface area (Å²) in [6.07, 6.45) is 6.05. The molecule has 2 aliphatic rings. The van der Waals surface area contributed by atoms with E-state index in [2.05, 4.69) is 35.8 Å². The smallest absolute Gasteiger partial charge is 0.222 e. The van der Waals surface area contributed by atoms with Crippen LogP contribution in [0.15, 0.2) is 12.1 Å². The summed E-state index contributed by atoms with van der Waals surface area (Å²) in [5.41, 5.74) is 2.68. The van der Waals surface area contributed by atoms with Crippen molar-refractivity contribution in [3.05, 3.63) is 23.3 Å². The van der Waals surface area contributed by atoms with Gasteiger partial charge in [-0.15, -0.1) is 0 Å². The molecule has 0 radical (unpaired) electrons. The number of likely N-dealkylation sites (tertiary alicyclic amines) is 1. The molecule has 1 fully saturated rings. The Balaban J connectivity index is 1.74. The van der Waals surface area contributed by atoms with Gasteiger partial charge in [0.2, 0.25) is 5.91 Å². The first-order valence-corrected chi connectivity index (χ1v) is 10.4. The standard InChI is InChI=1S/C22H34N2O3/c1-5-6-9-22(25)23-11-7-8-18(15-23)24-12-10-17-13-20(26-3)21(27-4)14-19(17)16(24)2/h13-14,16,18H,5-12,15H2,1-4H3. The van der Waals surface area contributed by atoms with E-state index >= 15 is 0 Å². The van der Waals surface area contributed by atoms with Crippen LogP contribution in [0.4, 0.5) is 0 Å². The average Bonchev–Trinajstić information content (AvgIpc) is 2.71. The normalized spacial score (nSPS) is 23.0. The van der Waals surface area contributed by atoms with Gasteiger partial charge in [-0.25, -0.2) is 0 Å². The number of carbonyl (C=O) groups excluding carboxylic acids is 1. The van der Waals surface area contributed by atoms with Crippen LogP contribution in [-0.2, 0) is 11.2 Å². The summed E-state index contributed by atoms with van der Waals surface area (Å²) in [6, 6.07) is 5.03. The van der Waals surface area contributed by atoms with Gasteiger partial charge in [-0.1, -0.05) is 13.3 Å². The Morgan fingerprint density at radius 1 is 1.19 bits per heavy atom. The van der Waals surface area contributed by atoms with Crippen LogP contribution in [0, 0.1) is 0 Å². The number of amides is 1. The van der Waals surface area contributed by atoms with Crippen LogP contribution in [0.1, 0.15) is 63.1 Å². The molecule has 3 rings (SSSR count). The molecular weight excluding hydrogens is 340 g/mol. The maximum atomic E-state index is 12.5. The topological polar surface area (TPSA) is 42.0 Å². The van der Waals surface area contributed by atoms with Gasteiger partial charge < -0.3 is 14.4 Å². The molecular formula is C22H34N2O3. The van der Waals surface area contributed by atoms with Crippen molar-refractivity contribution in [2.45, 2.75) is 64.5 Å². The van der Waals surface area contributed by atoms with Gasteiger partial charge in [0, 0.05) is 38.1 Å². The summed E-state index contributed by atoms with van der Waals surface area (Å²) < 4.78 is 11.0. The lowest BCUT2D eigenvalue weighted by molar-refractivity contribution is -0.133. The van der Waals surface area contributed by atoms with Crippen LogP contribution < -0.4 is 9.47 Å². The zero-order valence-corrected chi connectivity index (χ0v) is 17.3. The van der Waals surface area contributed by atoms with E-state index < -0.39 is 0 Å². The molecule has 2 heterocycles. The molecule has 0 aliphatic carbocycles. The van der Waals surface area contributed by atoms with E-state index in [1.54, 1.807) is 14.2 Å². The number of nitrogens with zero attached hydrogens (tertiary/aromatic N) is 2. The molecule has 2 atom stereocenters. The summed E-state index contributed by atoms with van der Waals surface area (Å²) >= 11 is 0. The van der Waals surface area contributed by atoms with Crippen molar-refractivity contribution in [2.75, 3.05) is 33.9 Å². The first kappa shape index (κ1) is 20.0. The monoisotopic (exact) mass is 374 g/mol. The zero-order valence-electron chi connectivity index (χ0n) is 17.3. The van der Waals surface area contributed by atoms with Crippen molar-refractivity contribution in [1.29, 1.82) is 0 Å². The van der Waals surface area contributed by atoms with E-state index in [1.807, 2.05) is 0 Å². The number of fused-ring (bicyclic) bond motifs is 1. The highest BCUT2D eigenvalue weighted by Crippen LogP contribution is 2.39. The number of piperidine rings is 1.